The van der Waals surface area contributed by atoms with Gasteiger partial charge in [-0.1, -0.05) is 50.3 Å². The molecular formula is C19H29N5S2. The van der Waals surface area contributed by atoms with Crippen LogP contribution in [0.2, 0.25) is 0 Å². The molecule has 1 N–H and O–H groups in total. The van der Waals surface area contributed by atoms with Gasteiger partial charge < -0.3 is 0 Å². The first-order valence-electron chi connectivity index (χ1n) is 9.63. The number of aliphatic imine (C=N–C) groups is 2. The highest BCUT2D eigenvalue weighted by Gasteiger charge is 2.31. The number of nitrogens with one attached hydrogen (secondary N) is 1. The van der Waals surface area contributed by atoms with E-state index in [4.69, 9.17) is 10.4 Å². The molecule has 1 aromatic rings. The Morgan fingerprint density at radius 2 is 1.96 bits per heavy atom. The standard InChI is InChI=1S/C19H29N5S2/c1-11(2)13(4)22-19-24-23-18(26-19)15-7-5-6-14(10-15)17-21-9-8-12(3)16(20)25-17/h11-12,14-15,20H,5-10H2,1-4H3. The van der Waals surface area contributed by atoms with E-state index in [9.17, 15) is 0 Å². The van der Waals surface area contributed by atoms with Crippen LogP contribution < -0.4 is 0 Å². The fraction of sp³-hybridized carbons (Fsp3) is 0.737. The number of hydrogen-bond acceptors (Lipinski definition) is 7. The lowest BCUT2D eigenvalue weighted by atomic mass is 9.82. The summed E-state index contributed by atoms with van der Waals surface area (Å²) in [6.45, 7) is 9.35. The molecule has 26 heavy (non-hydrogen) atoms. The molecule has 0 bridgehead atoms. The molecule has 1 aliphatic heterocycles. The Morgan fingerprint density at radius 3 is 2.73 bits per heavy atom. The molecule has 1 aromatic heterocycles. The molecular weight excluding hydrogens is 362 g/mol. The number of nitrogens with zero attached hydrogens (tertiary/aromatic N) is 4. The van der Waals surface area contributed by atoms with Crippen LogP contribution in [-0.2, 0) is 0 Å². The minimum atomic E-state index is 0.341. The van der Waals surface area contributed by atoms with Crippen LogP contribution in [0.4, 0.5) is 5.13 Å². The van der Waals surface area contributed by atoms with Gasteiger partial charge in [0, 0.05) is 30.0 Å². The second-order valence-electron chi connectivity index (χ2n) is 7.77. The lowest BCUT2D eigenvalue weighted by molar-refractivity contribution is 0.390. The monoisotopic (exact) mass is 391 g/mol. The maximum atomic E-state index is 8.25. The highest BCUT2D eigenvalue weighted by Crippen LogP contribution is 2.41. The van der Waals surface area contributed by atoms with E-state index in [0.29, 0.717) is 23.7 Å². The van der Waals surface area contributed by atoms with E-state index in [1.54, 1.807) is 23.1 Å². The Morgan fingerprint density at radius 1 is 1.19 bits per heavy atom. The van der Waals surface area contributed by atoms with Crippen molar-refractivity contribution < 1.29 is 0 Å². The second-order valence-corrected chi connectivity index (χ2v) is 9.82. The summed E-state index contributed by atoms with van der Waals surface area (Å²) in [5.74, 6) is 1.70. The van der Waals surface area contributed by atoms with E-state index in [1.807, 2.05) is 0 Å². The highest BCUT2D eigenvalue weighted by atomic mass is 32.2. The van der Waals surface area contributed by atoms with Crippen LogP contribution in [0.3, 0.4) is 0 Å². The fourth-order valence-corrected chi connectivity index (χ4v) is 5.31. The summed E-state index contributed by atoms with van der Waals surface area (Å²) in [7, 11) is 0. The summed E-state index contributed by atoms with van der Waals surface area (Å²) in [5, 5.41) is 20.9. The molecule has 1 fully saturated rings. The average Bonchev–Trinajstić information content (AvgIpc) is 3.02. The second kappa shape index (κ2) is 8.74. The van der Waals surface area contributed by atoms with Crippen LogP contribution in [0.25, 0.3) is 0 Å². The van der Waals surface area contributed by atoms with Crippen molar-refractivity contribution in [1.82, 2.24) is 10.2 Å². The zero-order valence-corrected chi connectivity index (χ0v) is 17.8. The van der Waals surface area contributed by atoms with Crippen molar-refractivity contribution in [1.29, 1.82) is 5.41 Å². The molecule has 142 valence electrons. The SMILES string of the molecule is CC(=Nc1nnc(C2CCCC(C3=NCCC(C)C(=N)S3)C2)s1)C(C)C. The van der Waals surface area contributed by atoms with Crippen molar-refractivity contribution in [3.63, 3.8) is 0 Å². The smallest absolute Gasteiger partial charge is 0.231 e. The third-order valence-electron chi connectivity index (χ3n) is 5.40. The molecule has 3 rings (SSSR count). The van der Waals surface area contributed by atoms with E-state index in [-0.39, 0.29) is 0 Å². The molecule has 0 radical (unpaired) electrons. The fourth-order valence-electron chi connectivity index (χ4n) is 3.31. The van der Waals surface area contributed by atoms with E-state index in [0.717, 1.165) is 40.3 Å². The quantitative estimate of drug-likeness (QED) is 0.668. The predicted molar refractivity (Wildman–Crippen MR) is 114 cm³/mol. The predicted octanol–water partition coefficient (Wildman–Crippen LogP) is 5.71. The lowest BCUT2D eigenvalue weighted by Crippen LogP contribution is -2.21. The Labute approximate surface area is 164 Å². The molecule has 0 spiro atoms. The van der Waals surface area contributed by atoms with Gasteiger partial charge in [0.25, 0.3) is 0 Å². The molecule has 0 aromatic carbocycles. The summed E-state index contributed by atoms with van der Waals surface area (Å²) >= 11 is 3.25. The number of thioether (sulfide) groups is 1. The summed E-state index contributed by atoms with van der Waals surface area (Å²) in [6, 6.07) is 0. The molecule has 0 amide bonds. The molecule has 3 unspecified atom stereocenters. The van der Waals surface area contributed by atoms with Gasteiger partial charge >= 0.3 is 0 Å². The van der Waals surface area contributed by atoms with Crippen molar-refractivity contribution in [2.75, 3.05) is 6.54 Å². The van der Waals surface area contributed by atoms with Crippen molar-refractivity contribution in [2.45, 2.75) is 65.7 Å². The molecule has 1 aliphatic carbocycles. The van der Waals surface area contributed by atoms with Crippen LogP contribution in [0, 0.1) is 23.2 Å². The van der Waals surface area contributed by atoms with Gasteiger partial charge in [-0.25, -0.2) is 4.99 Å². The Bertz CT molecular complexity index is 707. The van der Waals surface area contributed by atoms with Gasteiger partial charge in [0.05, 0.1) is 10.1 Å². The normalized spacial score (nSPS) is 28.2. The zero-order chi connectivity index (χ0) is 18.7. The average molecular weight is 392 g/mol. The number of aromatic nitrogens is 2. The van der Waals surface area contributed by atoms with Crippen LogP contribution in [0.5, 0.6) is 0 Å². The minimum absolute atomic E-state index is 0.341. The van der Waals surface area contributed by atoms with E-state index < -0.39 is 0 Å². The lowest BCUT2D eigenvalue weighted by Gasteiger charge is -2.28. The number of rotatable bonds is 4. The molecule has 2 aliphatic rings. The van der Waals surface area contributed by atoms with Gasteiger partial charge in [-0.2, -0.15) is 0 Å². The molecule has 7 heteroatoms. The van der Waals surface area contributed by atoms with Crippen molar-refractivity contribution in [3.05, 3.63) is 5.01 Å². The highest BCUT2D eigenvalue weighted by molar-refractivity contribution is 8.26. The van der Waals surface area contributed by atoms with Gasteiger partial charge in [0.1, 0.15) is 5.01 Å². The zero-order valence-electron chi connectivity index (χ0n) is 16.2. The summed E-state index contributed by atoms with van der Waals surface area (Å²) in [6.07, 6.45) is 5.62. The van der Waals surface area contributed by atoms with E-state index in [1.165, 1.54) is 24.3 Å². The van der Waals surface area contributed by atoms with Gasteiger partial charge in [-0.05, 0) is 38.5 Å². The first-order chi connectivity index (χ1) is 12.4. The third kappa shape index (κ3) is 4.80. The first kappa shape index (κ1) is 19.7. The van der Waals surface area contributed by atoms with Crippen molar-refractivity contribution in [2.24, 2.45) is 27.7 Å². The van der Waals surface area contributed by atoms with Gasteiger partial charge in [0.2, 0.25) is 5.13 Å². The number of hydrogen-bond donors (Lipinski definition) is 1. The third-order valence-corrected chi connectivity index (χ3v) is 7.68. The Hall–Kier alpha value is -1.08. The first-order valence-corrected chi connectivity index (χ1v) is 11.3. The van der Waals surface area contributed by atoms with E-state index >= 15 is 0 Å². The Balaban J connectivity index is 1.69. The Kier molecular flexibility index (Phi) is 6.61. The van der Waals surface area contributed by atoms with E-state index in [2.05, 4.69) is 42.9 Å². The van der Waals surface area contributed by atoms with Gasteiger partial charge in [-0.15, -0.1) is 10.2 Å². The molecule has 2 heterocycles. The summed E-state index contributed by atoms with van der Waals surface area (Å²) in [4.78, 5) is 9.44. The summed E-state index contributed by atoms with van der Waals surface area (Å²) in [5.41, 5.74) is 1.10. The maximum Gasteiger partial charge on any atom is 0.231 e. The molecule has 5 nitrogen and oxygen atoms in total. The van der Waals surface area contributed by atoms with Crippen LogP contribution >= 0.6 is 23.1 Å². The van der Waals surface area contributed by atoms with Crippen molar-refractivity contribution >= 4 is 44.0 Å². The van der Waals surface area contributed by atoms with Crippen LogP contribution in [0.15, 0.2) is 9.98 Å². The minimum Gasteiger partial charge on any atom is -0.298 e. The molecule has 1 saturated carbocycles. The van der Waals surface area contributed by atoms with Crippen molar-refractivity contribution in [3.8, 4) is 0 Å². The summed E-state index contributed by atoms with van der Waals surface area (Å²) < 4.78 is 0. The molecule has 0 saturated heterocycles. The van der Waals surface area contributed by atoms with Gasteiger partial charge in [-0.3, -0.25) is 10.4 Å². The van der Waals surface area contributed by atoms with Crippen LogP contribution in [0.1, 0.15) is 70.7 Å². The molecule has 3 atom stereocenters. The topological polar surface area (TPSA) is 74.3 Å². The largest absolute Gasteiger partial charge is 0.298 e. The maximum absolute atomic E-state index is 8.25. The van der Waals surface area contributed by atoms with Crippen LogP contribution in [-0.4, -0.2) is 32.5 Å². The van der Waals surface area contributed by atoms with Gasteiger partial charge in [0.15, 0.2) is 0 Å².